The summed E-state index contributed by atoms with van der Waals surface area (Å²) in [5, 5.41) is 0. The summed E-state index contributed by atoms with van der Waals surface area (Å²) in [5.74, 6) is 0.0541. The van der Waals surface area contributed by atoms with Gasteiger partial charge in [-0.25, -0.2) is 0 Å². The molecule has 0 aromatic heterocycles. The maximum absolute atomic E-state index is 11.5. The Balaban J connectivity index is 1.82. The molecule has 0 saturated heterocycles. The fourth-order valence-corrected chi connectivity index (χ4v) is 1.69. The predicted molar refractivity (Wildman–Crippen MR) is 45.7 cm³/mol. The maximum atomic E-state index is 11.5. The van der Waals surface area contributed by atoms with E-state index >= 15 is 0 Å². The SMILES string of the molecule is CC1(C(=O)OC2CCC2)CCC1. The first kappa shape index (κ1) is 8.09. The molecule has 2 nitrogen and oxygen atoms in total. The summed E-state index contributed by atoms with van der Waals surface area (Å²) in [7, 11) is 0. The van der Waals surface area contributed by atoms with E-state index in [1.807, 2.05) is 6.92 Å². The van der Waals surface area contributed by atoms with Gasteiger partial charge < -0.3 is 4.74 Å². The van der Waals surface area contributed by atoms with Crippen molar-refractivity contribution in [2.75, 3.05) is 0 Å². The third-order valence-electron chi connectivity index (χ3n) is 3.28. The fraction of sp³-hybridized carbons (Fsp3) is 0.900. The van der Waals surface area contributed by atoms with Gasteiger partial charge in [0.25, 0.3) is 0 Å². The van der Waals surface area contributed by atoms with Crippen LogP contribution in [0.15, 0.2) is 0 Å². The van der Waals surface area contributed by atoms with E-state index in [0.717, 1.165) is 25.7 Å². The first-order chi connectivity index (χ1) is 5.71. The van der Waals surface area contributed by atoms with E-state index in [4.69, 9.17) is 4.74 Å². The second-order valence-corrected chi connectivity index (χ2v) is 4.37. The molecule has 2 rings (SSSR count). The van der Waals surface area contributed by atoms with Crippen LogP contribution in [0.4, 0.5) is 0 Å². The van der Waals surface area contributed by atoms with E-state index < -0.39 is 0 Å². The van der Waals surface area contributed by atoms with Gasteiger partial charge in [-0.05, 0) is 39.0 Å². The number of ether oxygens (including phenoxy) is 1. The Labute approximate surface area is 73.3 Å². The minimum atomic E-state index is -0.115. The topological polar surface area (TPSA) is 26.3 Å². The summed E-state index contributed by atoms with van der Waals surface area (Å²) in [6.45, 7) is 2.03. The van der Waals surface area contributed by atoms with Gasteiger partial charge in [-0.15, -0.1) is 0 Å². The molecular weight excluding hydrogens is 152 g/mol. The van der Waals surface area contributed by atoms with Crippen molar-refractivity contribution in [3.05, 3.63) is 0 Å². The molecule has 2 saturated carbocycles. The summed E-state index contributed by atoms with van der Waals surface area (Å²) in [4.78, 5) is 11.5. The minimum absolute atomic E-state index is 0.0541. The van der Waals surface area contributed by atoms with E-state index in [-0.39, 0.29) is 17.5 Å². The lowest BCUT2D eigenvalue weighted by atomic mass is 9.70. The number of carbonyl (C=O) groups excluding carboxylic acids is 1. The van der Waals surface area contributed by atoms with Crippen LogP contribution in [-0.4, -0.2) is 12.1 Å². The molecule has 0 unspecified atom stereocenters. The van der Waals surface area contributed by atoms with E-state index in [1.54, 1.807) is 0 Å². The molecule has 0 atom stereocenters. The Morgan fingerprint density at radius 3 is 2.33 bits per heavy atom. The van der Waals surface area contributed by atoms with Crippen molar-refractivity contribution in [1.29, 1.82) is 0 Å². The average molecular weight is 168 g/mol. The molecule has 0 heterocycles. The molecular formula is C10H16O2. The molecule has 0 aromatic carbocycles. The summed E-state index contributed by atoms with van der Waals surface area (Å²) >= 11 is 0. The van der Waals surface area contributed by atoms with Gasteiger partial charge in [0, 0.05) is 0 Å². The van der Waals surface area contributed by atoms with Crippen LogP contribution in [-0.2, 0) is 9.53 Å². The normalized spacial score (nSPS) is 27.1. The molecule has 12 heavy (non-hydrogen) atoms. The molecule has 2 aliphatic rings. The zero-order valence-corrected chi connectivity index (χ0v) is 7.64. The zero-order chi connectivity index (χ0) is 8.60. The predicted octanol–water partition coefficient (Wildman–Crippen LogP) is 2.27. The van der Waals surface area contributed by atoms with E-state index in [1.165, 1.54) is 12.8 Å². The van der Waals surface area contributed by atoms with Crippen LogP contribution in [0.5, 0.6) is 0 Å². The van der Waals surface area contributed by atoms with Crippen molar-refractivity contribution >= 4 is 5.97 Å². The highest BCUT2D eigenvalue weighted by Crippen LogP contribution is 2.42. The highest BCUT2D eigenvalue weighted by molar-refractivity contribution is 5.77. The van der Waals surface area contributed by atoms with Crippen LogP contribution in [0.2, 0.25) is 0 Å². The number of carbonyl (C=O) groups is 1. The second-order valence-electron chi connectivity index (χ2n) is 4.37. The lowest BCUT2D eigenvalue weighted by Gasteiger charge is -2.38. The standard InChI is InChI=1S/C10H16O2/c1-10(6-3-7-10)9(11)12-8-4-2-5-8/h8H,2-7H2,1H3. The lowest BCUT2D eigenvalue weighted by Crippen LogP contribution is -2.39. The average Bonchev–Trinajstić information content (AvgIpc) is 1.91. The lowest BCUT2D eigenvalue weighted by molar-refractivity contribution is -0.169. The van der Waals surface area contributed by atoms with Crippen LogP contribution in [0.1, 0.15) is 45.4 Å². The number of hydrogen-bond donors (Lipinski definition) is 0. The van der Waals surface area contributed by atoms with Crippen molar-refractivity contribution in [2.24, 2.45) is 5.41 Å². The number of esters is 1. The number of rotatable bonds is 2. The summed E-state index contributed by atoms with van der Waals surface area (Å²) in [6, 6.07) is 0. The Morgan fingerprint density at radius 2 is 2.00 bits per heavy atom. The molecule has 68 valence electrons. The molecule has 2 heteroatoms. The van der Waals surface area contributed by atoms with Crippen molar-refractivity contribution in [3.8, 4) is 0 Å². The van der Waals surface area contributed by atoms with Crippen LogP contribution >= 0.6 is 0 Å². The van der Waals surface area contributed by atoms with Crippen molar-refractivity contribution in [1.82, 2.24) is 0 Å². The highest BCUT2D eigenvalue weighted by Gasteiger charge is 2.42. The number of hydrogen-bond acceptors (Lipinski definition) is 2. The van der Waals surface area contributed by atoms with Crippen molar-refractivity contribution in [2.45, 2.75) is 51.6 Å². The molecule has 2 aliphatic carbocycles. The first-order valence-corrected chi connectivity index (χ1v) is 4.92. The van der Waals surface area contributed by atoms with Gasteiger partial charge in [-0.2, -0.15) is 0 Å². The fourth-order valence-electron chi connectivity index (χ4n) is 1.69. The quantitative estimate of drug-likeness (QED) is 0.591. The van der Waals surface area contributed by atoms with Gasteiger partial charge in [-0.1, -0.05) is 6.42 Å². The third kappa shape index (κ3) is 1.23. The van der Waals surface area contributed by atoms with Gasteiger partial charge in [0.2, 0.25) is 0 Å². The highest BCUT2D eigenvalue weighted by atomic mass is 16.5. The maximum Gasteiger partial charge on any atom is 0.312 e. The minimum Gasteiger partial charge on any atom is -0.462 e. The van der Waals surface area contributed by atoms with Gasteiger partial charge in [0.05, 0.1) is 5.41 Å². The molecule has 0 aliphatic heterocycles. The zero-order valence-electron chi connectivity index (χ0n) is 7.64. The molecule has 0 radical (unpaired) electrons. The second kappa shape index (κ2) is 2.75. The Morgan fingerprint density at radius 1 is 1.33 bits per heavy atom. The molecule has 0 aromatic rings. The van der Waals surface area contributed by atoms with Crippen LogP contribution in [0, 0.1) is 5.41 Å². The van der Waals surface area contributed by atoms with Crippen LogP contribution in [0.25, 0.3) is 0 Å². The molecule has 0 bridgehead atoms. The van der Waals surface area contributed by atoms with E-state index in [9.17, 15) is 4.79 Å². The van der Waals surface area contributed by atoms with Crippen LogP contribution < -0.4 is 0 Å². The third-order valence-corrected chi connectivity index (χ3v) is 3.28. The van der Waals surface area contributed by atoms with Gasteiger partial charge >= 0.3 is 5.97 Å². The summed E-state index contributed by atoms with van der Waals surface area (Å²) in [6.07, 6.45) is 6.90. The first-order valence-electron chi connectivity index (χ1n) is 4.92. The van der Waals surface area contributed by atoms with E-state index in [2.05, 4.69) is 0 Å². The van der Waals surface area contributed by atoms with Crippen molar-refractivity contribution < 1.29 is 9.53 Å². The van der Waals surface area contributed by atoms with Crippen LogP contribution in [0.3, 0.4) is 0 Å². The van der Waals surface area contributed by atoms with Gasteiger partial charge in [-0.3, -0.25) is 4.79 Å². The Kier molecular flexibility index (Phi) is 1.85. The van der Waals surface area contributed by atoms with Crippen molar-refractivity contribution in [3.63, 3.8) is 0 Å². The molecule has 0 spiro atoms. The summed E-state index contributed by atoms with van der Waals surface area (Å²) < 4.78 is 5.35. The van der Waals surface area contributed by atoms with Gasteiger partial charge in [0.1, 0.15) is 6.10 Å². The largest absolute Gasteiger partial charge is 0.462 e. The molecule has 0 N–H and O–H groups in total. The monoisotopic (exact) mass is 168 g/mol. The smallest absolute Gasteiger partial charge is 0.312 e. The Hall–Kier alpha value is -0.530. The Bertz CT molecular complexity index is 190. The molecule has 2 fully saturated rings. The van der Waals surface area contributed by atoms with Gasteiger partial charge in [0.15, 0.2) is 0 Å². The molecule has 0 amide bonds. The summed E-state index contributed by atoms with van der Waals surface area (Å²) in [5.41, 5.74) is -0.115. The van der Waals surface area contributed by atoms with E-state index in [0.29, 0.717) is 0 Å².